The number of carbonyl (C=O) groups excluding carboxylic acids is 2. The summed E-state index contributed by atoms with van der Waals surface area (Å²) in [7, 11) is 0. The van der Waals surface area contributed by atoms with E-state index in [1.807, 2.05) is 90.7 Å². The highest BCUT2D eigenvalue weighted by Gasteiger charge is 2.16. The summed E-state index contributed by atoms with van der Waals surface area (Å²) in [4.78, 5) is 28.8. The third kappa shape index (κ3) is 9.08. The van der Waals surface area contributed by atoms with E-state index >= 15 is 0 Å². The summed E-state index contributed by atoms with van der Waals surface area (Å²) in [6, 6.07) is 25.0. The second kappa shape index (κ2) is 15.0. The van der Waals surface area contributed by atoms with Crippen LogP contribution in [-0.4, -0.2) is 18.5 Å². The van der Waals surface area contributed by atoms with Gasteiger partial charge in [-0.3, -0.25) is 9.69 Å². The molecule has 1 N–H and O–H groups in total. The molecule has 0 aliphatic carbocycles. The molecule has 0 spiro atoms. The number of para-hydroxylation sites is 1. The molecule has 0 saturated heterocycles. The van der Waals surface area contributed by atoms with E-state index in [0.717, 1.165) is 40.4 Å². The van der Waals surface area contributed by atoms with E-state index in [-0.39, 0.29) is 12.0 Å². The summed E-state index contributed by atoms with van der Waals surface area (Å²) in [5.74, 6) is 0.354. The van der Waals surface area contributed by atoms with Crippen molar-refractivity contribution in [3.05, 3.63) is 78.9 Å². The first-order valence-electron chi connectivity index (χ1n) is 12.8. The van der Waals surface area contributed by atoms with Crippen LogP contribution in [0.15, 0.2) is 88.7 Å². The zero-order chi connectivity index (χ0) is 25.6. The molecule has 0 radical (unpaired) electrons. The van der Waals surface area contributed by atoms with Gasteiger partial charge in [-0.15, -0.1) is 0 Å². The molecule has 3 aromatic carbocycles. The van der Waals surface area contributed by atoms with Gasteiger partial charge in [0.15, 0.2) is 0 Å². The molecule has 5 nitrogen and oxygen atoms in total. The Hall–Kier alpha value is -3.25. The number of nitrogens with one attached hydrogen (secondary N) is 1. The van der Waals surface area contributed by atoms with Crippen molar-refractivity contribution in [2.24, 2.45) is 0 Å². The molecule has 36 heavy (non-hydrogen) atoms. The van der Waals surface area contributed by atoms with Gasteiger partial charge in [-0.2, -0.15) is 0 Å². The minimum atomic E-state index is -0.209. The fourth-order valence-electron chi connectivity index (χ4n) is 3.73. The van der Waals surface area contributed by atoms with Crippen molar-refractivity contribution in [3.8, 4) is 5.75 Å². The topological polar surface area (TPSA) is 58.6 Å². The number of amides is 2. The van der Waals surface area contributed by atoms with Crippen molar-refractivity contribution < 1.29 is 14.3 Å². The van der Waals surface area contributed by atoms with Crippen molar-refractivity contribution in [1.29, 1.82) is 0 Å². The predicted molar refractivity (Wildman–Crippen MR) is 149 cm³/mol. The molecular formula is C30H36N2O3S. The number of hydrogen-bond acceptors (Lipinski definition) is 4. The second-order valence-electron chi connectivity index (χ2n) is 8.65. The number of urea groups is 1. The van der Waals surface area contributed by atoms with E-state index in [4.69, 9.17) is 4.74 Å². The minimum absolute atomic E-state index is 0.120. The Morgan fingerprint density at radius 1 is 0.778 bits per heavy atom. The van der Waals surface area contributed by atoms with Crippen molar-refractivity contribution in [3.63, 3.8) is 0 Å². The molecular weight excluding hydrogens is 468 g/mol. The highest BCUT2D eigenvalue weighted by atomic mass is 32.2. The maximum atomic E-state index is 13.1. The van der Waals surface area contributed by atoms with Gasteiger partial charge in [0, 0.05) is 34.1 Å². The summed E-state index contributed by atoms with van der Waals surface area (Å²) < 4.78 is 5.33. The molecule has 3 aromatic rings. The van der Waals surface area contributed by atoms with Gasteiger partial charge in [0.25, 0.3) is 0 Å². The average Bonchev–Trinajstić information content (AvgIpc) is 2.89. The molecule has 3 rings (SSSR count). The van der Waals surface area contributed by atoms with E-state index < -0.39 is 0 Å². The quantitative estimate of drug-likeness (QED) is 0.144. The number of unbranched alkanes of at least 4 members (excludes halogenated alkanes) is 4. The first-order chi connectivity index (χ1) is 17.6. The van der Waals surface area contributed by atoms with E-state index in [9.17, 15) is 9.59 Å². The van der Waals surface area contributed by atoms with Gasteiger partial charge in [-0.05, 0) is 73.5 Å². The zero-order valence-corrected chi connectivity index (χ0v) is 22.1. The van der Waals surface area contributed by atoms with Gasteiger partial charge in [0.05, 0.1) is 0 Å². The van der Waals surface area contributed by atoms with Gasteiger partial charge < -0.3 is 10.1 Å². The van der Waals surface area contributed by atoms with Crippen LogP contribution in [0.3, 0.4) is 0 Å². The standard InChI is InChI=1S/C30H36N2O3S/c1-3-5-6-7-11-23-32(30(34)31-24-13-9-8-10-14-24)25-15-19-27(20-16-25)36-28-21-17-26(18-22-28)35-29(33)12-4-2/h8-10,13-22H,3-7,11-12,23H2,1-2H3,(H,31,34). The van der Waals surface area contributed by atoms with Crippen LogP contribution in [0.5, 0.6) is 5.75 Å². The van der Waals surface area contributed by atoms with E-state index in [0.29, 0.717) is 18.7 Å². The highest BCUT2D eigenvalue weighted by Crippen LogP contribution is 2.31. The predicted octanol–water partition coefficient (Wildman–Crippen LogP) is 8.55. The van der Waals surface area contributed by atoms with Gasteiger partial charge in [0.1, 0.15) is 5.75 Å². The third-order valence-electron chi connectivity index (χ3n) is 5.65. The Morgan fingerprint density at radius 3 is 2.06 bits per heavy atom. The summed E-state index contributed by atoms with van der Waals surface area (Å²) in [6.07, 6.45) is 6.88. The molecule has 0 aliphatic heterocycles. The Morgan fingerprint density at radius 2 is 1.42 bits per heavy atom. The lowest BCUT2D eigenvalue weighted by Gasteiger charge is -2.23. The third-order valence-corrected chi connectivity index (χ3v) is 6.66. The summed E-state index contributed by atoms with van der Waals surface area (Å²) in [6.45, 7) is 4.83. The largest absolute Gasteiger partial charge is 0.427 e. The van der Waals surface area contributed by atoms with Gasteiger partial charge in [-0.25, -0.2) is 4.79 Å². The van der Waals surface area contributed by atoms with Crippen LogP contribution in [0.25, 0.3) is 0 Å². The van der Waals surface area contributed by atoms with Gasteiger partial charge in [-0.1, -0.05) is 69.5 Å². The number of ether oxygens (including phenoxy) is 1. The number of carbonyl (C=O) groups is 2. The maximum Gasteiger partial charge on any atom is 0.326 e. The monoisotopic (exact) mass is 504 g/mol. The normalized spacial score (nSPS) is 10.6. The molecule has 190 valence electrons. The molecule has 0 atom stereocenters. The molecule has 0 unspecified atom stereocenters. The maximum absolute atomic E-state index is 13.1. The Balaban J connectivity index is 1.64. The van der Waals surface area contributed by atoms with Crippen LogP contribution in [0.2, 0.25) is 0 Å². The molecule has 0 fully saturated rings. The number of hydrogen-bond donors (Lipinski definition) is 1. The van der Waals surface area contributed by atoms with Crippen molar-refractivity contribution in [2.75, 3.05) is 16.8 Å². The molecule has 0 bridgehead atoms. The lowest BCUT2D eigenvalue weighted by molar-refractivity contribution is -0.134. The number of anilines is 2. The molecule has 6 heteroatoms. The van der Waals surface area contributed by atoms with Crippen LogP contribution in [-0.2, 0) is 4.79 Å². The lowest BCUT2D eigenvalue weighted by atomic mass is 10.1. The number of benzene rings is 3. The molecule has 0 aromatic heterocycles. The lowest BCUT2D eigenvalue weighted by Crippen LogP contribution is -2.35. The van der Waals surface area contributed by atoms with Crippen molar-refractivity contribution >= 4 is 35.1 Å². The Kier molecular flexibility index (Phi) is 11.4. The van der Waals surface area contributed by atoms with Gasteiger partial charge in [0.2, 0.25) is 0 Å². The van der Waals surface area contributed by atoms with E-state index in [1.165, 1.54) is 19.3 Å². The fourth-order valence-corrected chi connectivity index (χ4v) is 4.54. The highest BCUT2D eigenvalue weighted by molar-refractivity contribution is 7.99. The SMILES string of the molecule is CCCCCCCN(C(=O)Nc1ccccc1)c1ccc(Sc2ccc(OC(=O)CCC)cc2)cc1. The number of rotatable bonds is 13. The van der Waals surface area contributed by atoms with E-state index in [1.54, 1.807) is 11.8 Å². The molecule has 0 heterocycles. The molecule has 0 aliphatic rings. The smallest absolute Gasteiger partial charge is 0.326 e. The Bertz CT molecular complexity index is 1070. The van der Waals surface area contributed by atoms with Crippen LogP contribution in [0.4, 0.5) is 16.2 Å². The first kappa shape index (κ1) is 27.3. The van der Waals surface area contributed by atoms with Crippen LogP contribution in [0.1, 0.15) is 58.8 Å². The van der Waals surface area contributed by atoms with E-state index in [2.05, 4.69) is 12.2 Å². The second-order valence-corrected chi connectivity index (χ2v) is 9.80. The average molecular weight is 505 g/mol. The number of esters is 1. The zero-order valence-electron chi connectivity index (χ0n) is 21.2. The molecule has 2 amide bonds. The number of nitrogens with zero attached hydrogens (tertiary/aromatic N) is 1. The summed E-state index contributed by atoms with van der Waals surface area (Å²) >= 11 is 1.62. The van der Waals surface area contributed by atoms with Crippen LogP contribution in [0, 0.1) is 0 Å². The van der Waals surface area contributed by atoms with Crippen LogP contribution >= 0.6 is 11.8 Å². The first-order valence-corrected chi connectivity index (χ1v) is 13.6. The molecule has 0 saturated carbocycles. The van der Waals surface area contributed by atoms with Gasteiger partial charge >= 0.3 is 12.0 Å². The summed E-state index contributed by atoms with van der Waals surface area (Å²) in [5.41, 5.74) is 1.66. The van der Waals surface area contributed by atoms with Crippen LogP contribution < -0.4 is 15.0 Å². The van der Waals surface area contributed by atoms with Crippen molar-refractivity contribution in [1.82, 2.24) is 0 Å². The van der Waals surface area contributed by atoms with Crippen molar-refractivity contribution in [2.45, 2.75) is 68.6 Å². The summed E-state index contributed by atoms with van der Waals surface area (Å²) in [5, 5.41) is 3.02. The minimum Gasteiger partial charge on any atom is -0.427 e. The fraction of sp³-hybridized carbons (Fsp3) is 0.333. The Labute approximate surface area is 219 Å².